The summed E-state index contributed by atoms with van der Waals surface area (Å²) in [5.74, 6) is -0.883. The number of benzene rings is 1. The summed E-state index contributed by atoms with van der Waals surface area (Å²) >= 11 is 13.2. The predicted octanol–water partition coefficient (Wildman–Crippen LogP) is 4.10. The SMILES string of the molecule is COCCN(CC(=O)Nc1nc(CC(=O)NCCCN2CCCCC2C)cs1)C(=O)c1ccc(Cl)c(Cl)c1. The number of thiazole rings is 1. The Labute approximate surface area is 237 Å². The second-order valence-corrected chi connectivity index (χ2v) is 11.0. The van der Waals surface area contributed by atoms with Crippen LogP contribution in [-0.2, 0) is 20.7 Å². The Balaban J connectivity index is 1.45. The number of piperidine rings is 1. The Morgan fingerprint density at radius 1 is 1.21 bits per heavy atom. The number of likely N-dealkylation sites (tertiary alicyclic amines) is 1. The van der Waals surface area contributed by atoms with Crippen LogP contribution in [0.3, 0.4) is 0 Å². The normalized spacial score (nSPS) is 15.7. The van der Waals surface area contributed by atoms with Crippen molar-refractivity contribution < 1.29 is 19.1 Å². The molecule has 0 bridgehead atoms. The van der Waals surface area contributed by atoms with Crippen LogP contribution in [0.5, 0.6) is 0 Å². The minimum atomic E-state index is -0.410. The molecule has 2 N–H and O–H groups in total. The number of carbonyl (C=O) groups excluding carboxylic acids is 3. The van der Waals surface area contributed by atoms with Crippen LogP contribution in [0.4, 0.5) is 5.13 Å². The molecule has 2 heterocycles. The maximum absolute atomic E-state index is 13.0. The third kappa shape index (κ3) is 9.50. The molecule has 3 amide bonds. The third-order valence-corrected chi connectivity index (χ3v) is 7.92. The summed E-state index contributed by atoms with van der Waals surface area (Å²) in [7, 11) is 1.52. The lowest BCUT2D eigenvalue weighted by molar-refractivity contribution is -0.120. The summed E-state index contributed by atoms with van der Waals surface area (Å²) in [5.41, 5.74) is 0.895. The average molecular weight is 585 g/mol. The molecule has 0 spiro atoms. The van der Waals surface area contributed by atoms with Crippen molar-refractivity contribution >= 4 is 57.4 Å². The van der Waals surface area contributed by atoms with Crippen molar-refractivity contribution in [1.29, 1.82) is 0 Å². The molecule has 1 atom stereocenters. The van der Waals surface area contributed by atoms with Gasteiger partial charge in [-0.25, -0.2) is 4.98 Å². The lowest BCUT2D eigenvalue weighted by Gasteiger charge is -2.33. The first-order valence-electron chi connectivity index (χ1n) is 12.7. The van der Waals surface area contributed by atoms with E-state index < -0.39 is 5.91 Å². The van der Waals surface area contributed by atoms with Crippen molar-refractivity contribution in [3.05, 3.63) is 44.9 Å². The standard InChI is InChI=1S/C26H35Cl2N5O4S/c1-18-6-3-4-10-32(18)11-5-9-29-23(34)15-20-17-38-26(30-20)31-24(35)16-33(12-13-37-2)25(36)19-7-8-21(27)22(28)14-19/h7-8,14,17-18H,3-6,9-13,15-16H2,1-2H3,(H,29,34)(H,30,31,35). The van der Waals surface area contributed by atoms with Crippen molar-refractivity contribution in [2.24, 2.45) is 0 Å². The highest BCUT2D eigenvalue weighted by Crippen LogP contribution is 2.23. The van der Waals surface area contributed by atoms with E-state index in [0.717, 1.165) is 19.5 Å². The van der Waals surface area contributed by atoms with Crippen LogP contribution >= 0.6 is 34.5 Å². The van der Waals surface area contributed by atoms with Gasteiger partial charge in [0.15, 0.2) is 5.13 Å². The summed E-state index contributed by atoms with van der Waals surface area (Å²) in [6.45, 7) is 5.28. The van der Waals surface area contributed by atoms with Gasteiger partial charge in [-0.05, 0) is 50.9 Å². The molecule has 12 heteroatoms. The van der Waals surface area contributed by atoms with Crippen LogP contribution < -0.4 is 10.6 Å². The monoisotopic (exact) mass is 583 g/mol. The molecule has 1 aromatic carbocycles. The molecule has 3 rings (SSSR count). The highest BCUT2D eigenvalue weighted by Gasteiger charge is 2.21. The molecule has 1 aliphatic rings. The van der Waals surface area contributed by atoms with E-state index in [2.05, 4.69) is 27.4 Å². The Bertz CT molecular complexity index is 1100. The Morgan fingerprint density at radius 3 is 2.76 bits per heavy atom. The second-order valence-electron chi connectivity index (χ2n) is 9.30. The zero-order chi connectivity index (χ0) is 27.5. The molecular weight excluding hydrogens is 549 g/mol. The predicted molar refractivity (Wildman–Crippen MR) is 151 cm³/mol. The van der Waals surface area contributed by atoms with Gasteiger partial charge in [-0.3, -0.25) is 14.4 Å². The van der Waals surface area contributed by atoms with Gasteiger partial charge in [0.25, 0.3) is 5.91 Å². The summed E-state index contributed by atoms with van der Waals surface area (Å²) in [6, 6.07) is 5.18. The number of nitrogens with zero attached hydrogens (tertiary/aromatic N) is 3. The van der Waals surface area contributed by atoms with Crippen LogP contribution in [0, 0.1) is 0 Å². The first-order valence-corrected chi connectivity index (χ1v) is 14.4. The zero-order valence-electron chi connectivity index (χ0n) is 21.8. The number of methoxy groups -OCH3 is 1. The number of ether oxygens (including phenoxy) is 1. The van der Waals surface area contributed by atoms with Gasteiger partial charge in [0.1, 0.15) is 6.54 Å². The van der Waals surface area contributed by atoms with Gasteiger partial charge in [0, 0.05) is 43.7 Å². The Hall–Kier alpha value is -2.24. The van der Waals surface area contributed by atoms with Crippen molar-refractivity contribution in [2.75, 3.05) is 51.8 Å². The summed E-state index contributed by atoms with van der Waals surface area (Å²) in [5, 5.41) is 8.37. The first kappa shape index (κ1) is 30.3. The lowest BCUT2D eigenvalue weighted by atomic mass is 10.0. The number of hydrogen-bond donors (Lipinski definition) is 2. The van der Waals surface area contributed by atoms with Gasteiger partial charge in [0.2, 0.25) is 11.8 Å². The smallest absolute Gasteiger partial charge is 0.254 e. The number of aromatic nitrogens is 1. The van der Waals surface area contributed by atoms with E-state index >= 15 is 0 Å². The summed E-state index contributed by atoms with van der Waals surface area (Å²) < 4.78 is 5.09. The molecule has 1 saturated heterocycles. The highest BCUT2D eigenvalue weighted by molar-refractivity contribution is 7.13. The number of hydrogen-bond acceptors (Lipinski definition) is 7. The van der Waals surface area contributed by atoms with E-state index in [1.807, 2.05) is 0 Å². The van der Waals surface area contributed by atoms with Gasteiger partial charge in [-0.15, -0.1) is 11.3 Å². The number of carbonyl (C=O) groups is 3. The van der Waals surface area contributed by atoms with Crippen LogP contribution in [0.1, 0.15) is 48.7 Å². The van der Waals surface area contributed by atoms with Gasteiger partial charge in [-0.1, -0.05) is 29.6 Å². The third-order valence-electron chi connectivity index (χ3n) is 6.38. The summed E-state index contributed by atoms with van der Waals surface area (Å²) in [4.78, 5) is 46.2. The molecule has 1 aromatic heterocycles. The fraction of sp³-hybridized carbons (Fsp3) is 0.538. The average Bonchev–Trinajstić information content (AvgIpc) is 3.32. The largest absolute Gasteiger partial charge is 0.383 e. The molecule has 208 valence electrons. The number of anilines is 1. The Morgan fingerprint density at radius 2 is 2.03 bits per heavy atom. The van der Waals surface area contributed by atoms with Gasteiger partial charge in [-0.2, -0.15) is 0 Å². The Kier molecular flexibility index (Phi) is 12.3. The molecule has 0 radical (unpaired) electrons. The zero-order valence-corrected chi connectivity index (χ0v) is 24.1. The van der Waals surface area contributed by atoms with E-state index in [1.54, 1.807) is 11.4 Å². The van der Waals surface area contributed by atoms with E-state index in [9.17, 15) is 14.4 Å². The molecule has 1 unspecified atom stereocenters. The van der Waals surface area contributed by atoms with Crippen LogP contribution in [0.15, 0.2) is 23.6 Å². The number of amides is 3. The van der Waals surface area contributed by atoms with Crippen molar-refractivity contribution in [1.82, 2.24) is 20.1 Å². The fourth-order valence-corrected chi connectivity index (χ4v) is 5.29. The maximum atomic E-state index is 13.0. The van der Waals surface area contributed by atoms with Crippen molar-refractivity contribution in [3.63, 3.8) is 0 Å². The molecule has 0 saturated carbocycles. The number of halogens is 2. The molecule has 2 aromatic rings. The van der Waals surface area contributed by atoms with Gasteiger partial charge < -0.3 is 25.2 Å². The molecule has 38 heavy (non-hydrogen) atoms. The van der Waals surface area contributed by atoms with Crippen molar-refractivity contribution in [3.8, 4) is 0 Å². The van der Waals surface area contributed by atoms with Gasteiger partial charge >= 0.3 is 0 Å². The maximum Gasteiger partial charge on any atom is 0.254 e. The van der Waals surface area contributed by atoms with E-state index in [0.29, 0.717) is 34.0 Å². The minimum absolute atomic E-state index is 0.0992. The van der Waals surface area contributed by atoms with E-state index in [-0.39, 0.29) is 43.0 Å². The summed E-state index contributed by atoms with van der Waals surface area (Å²) in [6.07, 6.45) is 4.84. The van der Waals surface area contributed by atoms with Crippen LogP contribution in [0.25, 0.3) is 0 Å². The first-order chi connectivity index (χ1) is 18.3. The number of rotatable bonds is 13. The van der Waals surface area contributed by atoms with Gasteiger partial charge in [0.05, 0.1) is 28.8 Å². The van der Waals surface area contributed by atoms with Crippen LogP contribution in [-0.4, -0.2) is 85.0 Å². The number of nitrogens with one attached hydrogen (secondary N) is 2. The van der Waals surface area contributed by atoms with Crippen LogP contribution in [0.2, 0.25) is 10.0 Å². The highest BCUT2D eigenvalue weighted by atomic mass is 35.5. The second kappa shape index (κ2) is 15.4. The van der Waals surface area contributed by atoms with E-state index in [4.69, 9.17) is 27.9 Å². The fourth-order valence-electron chi connectivity index (χ4n) is 4.27. The van der Waals surface area contributed by atoms with Crippen molar-refractivity contribution in [2.45, 2.75) is 45.1 Å². The topological polar surface area (TPSA) is 104 Å². The molecule has 0 aliphatic carbocycles. The minimum Gasteiger partial charge on any atom is -0.383 e. The van der Waals surface area contributed by atoms with E-state index in [1.165, 1.54) is 54.7 Å². The quantitative estimate of drug-likeness (QED) is 0.344. The molecule has 1 fully saturated rings. The lowest BCUT2D eigenvalue weighted by Crippen LogP contribution is -2.40. The molecule has 9 nitrogen and oxygen atoms in total. The molecule has 1 aliphatic heterocycles. The molecular formula is C26H35Cl2N5O4S.